The second-order valence-electron chi connectivity index (χ2n) is 8.79. The van der Waals surface area contributed by atoms with E-state index in [-0.39, 0.29) is 35.0 Å². The summed E-state index contributed by atoms with van der Waals surface area (Å²) in [5, 5.41) is 14.0. The van der Waals surface area contributed by atoms with Crippen LogP contribution in [-0.2, 0) is 14.4 Å². The Labute approximate surface area is 180 Å². The number of hydrogen-bond donors (Lipinski definition) is 2. The monoisotopic (exact) mass is 416 g/mol. The zero-order valence-corrected chi connectivity index (χ0v) is 19.0. The Bertz CT molecular complexity index is 766. The molecular formula is C24H36N2O4. The summed E-state index contributed by atoms with van der Waals surface area (Å²) in [4.78, 5) is 29.7. The Morgan fingerprint density at radius 1 is 1.23 bits per heavy atom. The van der Waals surface area contributed by atoms with Gasteiger partial charge in [0.2, 0.25) is 5.91 Å². The molecule has 2 rings (SSSR count). The molecule has 166 valence electrons. The number of carbonyl (C=O) groups excluding carboxylic acids is 1. The van der Waals surface area contributed by atoms with Crippen LogP contribution in [-0.4, -0.2) is 39.2 Å². The number of hydroxylamine groups is 2. The fourth-order valence-electron chi connectivity index (χ4n) is 4.47. The third-order valence-electron chi connectivity index (χ3n) is 6.91. The zero-order chi connectivity index (χ0) is 22.5. The Hall–Kier alpha value is -2.18. The van der Waals surface area contributed by atoms with Crippen molar-refractivity contribution >= 4 is 11.9 Å². The molecule has 1 fully saturated rings. The van der Waals surface area contributed by atoms with E-state index >= 15 is 0 Å². The van der Waals surface area contributed by atoms with Crippen LogP contribution in [0.4, 0.5) is 0 Å². The van der Waals surface area contributed by atoms with Crippen molar-refractivity contribution in [3.8, 4) is 0 Å². The lowest BCUT2D eigenvalue weighted by Crippen LogP contribution is -2.69. The number of nitrogens with one attached hydrogen (secondary N) is 1. The quantitative estimate of drug-likeness (QED) is 0.611. The van der Waals surface area contributed by atoms with Gasteiger partial charge in [-0.05, 0) is 51.5 Å². The van der Waals surface area contributed by atoms with Crippen molar-refractivity contribution in [2.24, 2.45) is 5.92 Å². The molecule has 6 heteroatoms. The SMILES string of the molecule is CCC1(C)CC(NC(=O)/C=C/C(=O)O)C(C)C(C)(CC)N1OC(C)c1ccccc1. The van der Waals surface area contributed by atoms with Crippen molar-refractivity contribution in [1.29, 1.82) is 0 Å². The number of aliphatic carboxylic acids is 1. The molecule has 1 heterocycles. The van der Waals surface area contributed by atoms with E-state index in [2.05, 4.69) is 64.1 Å². The van der Waals surface area contributed by atoms with E-state index in [0.717, 1.165) is 30.6 Å². The van der Waals surface area contributed by atoms with Crippen molar-refractivity contribution in [3.63, 3.8) is 0 Å². The highest BCUT2D eigenvalue weighted by molar-refractivity contribution is 5.94. The number of carbonyl (C=O) groups is 2. The highest BCUT2D eigenvalue weighted by atomic mass is 16.7. The molecule has 1 amide bonds. The fraction of sp³-hybridized carbons (Fsp3) is 0.583. The van der Waals surface area contributed by atoms with Crippen molar-refractivity contribution in [1.82, 2.24) is 10.4 Å². The van der Waals surface area contributed by atoms with Gasteiger partial charge in [-0.25, -0.2) is 4.79 Å². The largest absolute Gasteiger partial charge is 0.478 e. The third kappa shape index (κ3) is 5.10. The first-order chi connectivity index (χ1) is 14.1. The van der Waals surface area contributed by atoms with Crippen molar-refractivity contribution in [3.05, 3.63) is 48.0 Å². The molecule has 0 saturated carbocycles. The number of amides is 1. The van der Waals surface area contributed by atoms with Crippen LogP contribution in [0.25, 0.3) is 0 Å². The van der Waals surface area contributed by atoms with Crippen molar-refractivity contribution in [2.45, 2.75) is 84.0 Å². The summed E-state index contributed by atoms with van der Waals surface area (Å²) in [6.45, 7) is 12.8. The van der Waals surface area contributed by atoms with Gasteiger partial charge in [-0.2, -0.15) is 5.06 Å². The molecule has 0 aromatic heterocycles. The van der Waals surface area contributed by atoms with Gasteiger partial charge in [-0.15, -0.1) is 0 Å². The van der Waals surface area contributed by atoms with E-state index < -0.39 is 5.97 Å². The number of hydrogen-bond acceptors (Lipinski definition) is 4. The van der Waals surface area contributed by atoms with Gasteiger partial charge in [-0.3, -0.25) is 9.63 Å². The highest BCUT2D eigenvalue weighted by Gasteiger charge is 2.54. The average molecular weight is 417 g/mol. The van der Waals surface area contributed by atoms with Crippen LogP contribution in [0.1, 0.15) is 72.5 Å². The normalized spacial score (nSPS) is 30.9. The Morgan fingerprint density at radius 2 is 1.87 bits per heavy atom. The van der Waals surface area contributed by atoms with Crippen LogP contribution in [0.5, 0.6) is 0 Å². The molecule has 5 unspecified atom stereocenters. The van der Waals surface area contributed by atoms with Gasteiger partial charge in [-0.1, -0.05) is 51.1 Å². The molecule has 1 aromatic carbocycles. The molecule has 0 bridgehead atoms. The summed E-state index contributed by atoms with van der Waals surface area (Å²) in [5.74, 6) is -1.40. The second-order valence-corrected chi connectivity index (χ2v) is 8.79. The van der Waals surface area contributed by atoms with Gasteiger partial charge >= 0.3 is 5.97 Å². The summed E-state index contributed by atoms with van der Waals surface area (Å²) in [6, 6.07) is 10.1. The lowest BCUT2D eigenvalue weighted by Gasteiger charge is -2.60. The minimum Gasteiger partial charge on any atom is -0.478 e. The molecule has 0 spiro atoms. The van der Waals surface area contributed by atoms with Crippen LogP contribution in [0.2, 0.25) is 0 Å². The van der Waals surface area contributed by atoms with Crippen LogP contribution in [0, 0.1) is 5.92 Å². The molecule has 5 atom stereocenters. The minimum atomic E-state index is -1.13. The number of carboxylic acid groups (broad SMARTS) is 1. The van der Waals surface area contributed by atoms with Gasteiger partial charge in [0, 0.05) is 29.3 Å². The topological polar surface area (TPSA) is 78.9 Å². The second kappa shape index (κ2) is 9.75. The van der Waals surface area contributed by atoms with Crippen molar-refractivity contribution in [2.75, 3.05) is 0 Å². The Balaban J connectivity index is 2.31. The summed E-state index contributed by atoms with van der Waals surface area (Å²) in [7, 11) is 0. The van der Waals surface area contributed by atoms with Gasteiger partial charge in [0.25, 0.3) is 0 Å². The molecule has 1 aliphatic rings. The number of piperidine rings is 1. The van der Waals surface area contributed by atoms with Gasteiger partial charge in [0.1, 0.15) is 6.10 Å². The third-order valence-corrected chi connectivity index (χ3v) is 6.91. The maximum atomic E-state index is 12.3. The van der Waals surface area contributed by atoms with E-state index in [9.17, 15) is 9.59 Å². The molecule has 2 N–H and O–H groups in total. The predicted octanol–water partition coefficient (Wildman–Crippen LogP) is 4.48. The number of benzene rings is 1. The number of nitrogens with zero attached hydrogens (tertiary/aromatic N) is 1. The first-order valence-electron chi connectivity index (χ1n) is 10.8. The number of carboxylic acids is 1. The summed E-state index contributed by atoms with van der Waals surface area (Å²) in [6.07, 6.45) is 4.28. The molecule has 0 radical (unpaired) electrons. The van der Waals surface area contributed by atoms with E-state index in [1.165, 1.54) is 0 Å². The predicted molar refractivity (Wildman–Crippen MR) is 118 cm³/mol. The lowest BCUT2D eigenvalue weighted by atomic mass is 9.68. The zero-order valence-electron chi connectivity index (χ0n) is 19.0. The van der Waals surface area contributed by atoms with Gasteiger partial charge in [0.05, 0.1) is 0 Å². The molecule has 1 saturated heterocycles. The lowest BCUT2D eigenvalue weighted by molar-refractivity contribution is -0.327. The minimum absolute atomic E-state index is 0.0854. The van der Waals surface area contributed by atoms with E-state index in [1.807, 2.05) is 18.2 Å². The number of rotatable bonds is 8. The Kier molecular flexibility index (Phi) is 7.83. The van der Waals surface area contributed by atoms with Crippen LogP contribution in [0.3, 0.4) is 0 Å². The molecule has 1 aliphatic heterocycles. The van der Waals surface area contributed by atoms with Crippen molar-refractivity contribution < 1.29 is 19.5 Å². The first kappa shape index (κ1) is 24.1. The van der Waals surface area contributed by atoms with Crippen LogP contribution >= 0.6 is 0 Å². The van der Waals surface area contributed by atoms with E-state index in [4.69, 9.17) is 9.94 Å². The van der Waals surface area contributed by atoms with Crippen LogP contribution < -0.4 is 5.32 Å². The average Bonchev–Trinajstić information content (AvgIpc) is 2.74. The summed E-state index contributed by atoms with van der Waals surface area (Å²) in [5.41, 5.74) is 0.534. The van der Waals surface area contributed by atoms with E-state index in [0.29, 0.717) is 6.42 Å². The molecule has 1 aromatic rings. The van der Waals surface area contributed by atoms with E-state index in [1.54, 1.807) is 0 Å². The molecule has 0 aliphatic carbocycles. The van der Waals surface area contributed by atoms with Gasteiger partial charge < -0.3 is 10.4 Å². The standard InChI is InChI=1S/C24H36N2O4/c1-7-23(5)16-20(25-21(27)14-15-22(28)29)17(3)24(6,8-2)26(23)30-18(4)19-12-10-9-11-13-19/h9-15,17-18,20H,7-8,16H2,1-6H3,(H,25,27)(H,28,29)/b15-14+. The maximum absolute atomic E-state index is 12.3. The van der Waals surface area contributed by atoms with Gasteiger partial charge in [0.15, 0.2) is 0 Å². The molecular weight excluding hydrogens is 380 g/mol. The Morgan fingerprint density at radius 3 is 2.40 bits per heavy atom. The first-order valence-corrected chi connectivity index (χ1v) is 10.8. The van der Waals surface area contributed by atoms with Crippen LogP contribution in [0.15, 0.2) is 42.5 Å². The fourth-order valence-corrected chi connectivity index (χ4v) is 4.47. The molecule has 6 nitrogen and oxygen atoms in total. The summed E-state index contributed by atoms with van der Waals surface area (Å²) < 4.78 is 0. The smallest absolute Gasteiger partial charge is 0.328 e. The summed E-state index contributed by atoms with van der Waals surface area (Å²) >= 11 is 0. The highest BCUT2D eigenvalue weighted by Crippen LogP contribution is 2.47. The maximum Gasteiger partial charge on any atom is 0.328 e. The molecule has 30 heavy (non-hydrogen) atoms.